The molecule has 3 fully saturated rings. The van der Waals surface area contributed by atoms with Gasteiger partial charge >= 0.3 is 0 Å². The van der Waals surface area contributed by atoms with E-state index >= 15 is 0 Å². The number of carbonyl (C=O) groups is 2. The van der Waals surface area contributed by atoms with Crippen LogP contribution in [0, 0.1) is 11.8 Å². The molecule has 2 aromatic carbocycles. The predicted octanol–water partition coefficient (Wildman–Crippen LogP) is 5.79. The first-order valence-corrected chi connectivity index (χ1v) is 16.4. The van der Waals surface area contributed by atoms with Crippen LogP contribution in [0.2, 0.25) is 0 Å². The minimum atomic E-state index is -0.830. The number of hydrogen-bond acceptors (Lipinski definition) is 5. The Balaban J connectivity index is 1.13. The van der Waals surface area contributed by atoms with Crippen LogP contribution in [0.4, 0.5) is 5.69 Å². The van der Waals surface area contributed by atoms with Crippen molar-refractivity contribution >= 4 is 17.5 Å². The molecule has 2 amide bonds. The molecule has 0 bridgehead atoms. The number of piperazine rings is 1. The number of nitrogens with two attached hydrogens (primary N) is 1. The molecule has 0 spiro atoms. The standard InChI is InChI=1S/C37H47N5O2/c1-4-6-7-9-26(5-2)35(37(44)39(3)38)42-25-30-13-12-29(24-33(30)36(42)43)27-14-16-31(17-15-27)40-20-22-41(23-21-40)34-19-18-32(34)28-10-8-11-28/h4-5,9,12-17,24,28,32,34-35H,1-2,6-8,10-11,18-23,25,38H2,3H3/b26-9+. The molecule has 232 valence electrons. The lowest BCUT2D eigenvalue weighted by molar-refractivity contribution is -0.133. The first-order chi connectivity index (χ1) is 21.4. The van der Waals surface area contributed by atoms with E-state index in [4.69, 9.17) is 5.84 Å². The van der Waals surface area contributed by atoms with Crippen molar-refractivity contribution in [3.05, 3.63) is 90.6 Å². The van der Waals surface area contributed by atoms with Crippen molar-refractivity contribution in [2.45, 2.75) is 63.6 Å². The minimum absolute atomic E-state index is 0.168. The molecule has 2 N–H and O–H groups in total. The first kappa shape index (κ1) is 30.4. The number of carbonyl (C=O) groups excluding carboxylic acids is 2. The third-order valence-electron chi connectivity index (χ3n) is 10.5. The summed E-state index contributed by atoms with van der Waals surface area (Å²) in [6.07, 6.45) is 14.1. The summed E-state index contributed by atoms with van der Waals surface area (Å²) < 4.78 is 0. The van der Waals surface area contributed by atoms with Gasteiger partial charge in [0.1, 0.15) is 6.04 Å². The van der Waals surface area contributed by atoms with Crippen molar-refractivity contribution in [1.82, 2.24) is 14.8 Å². The number of unbranched alkanes of at least 4 members (excludes halogenated alkanes) is 1. The van der Waals surface area contributed by atoms with E-state index in [0.29, 0.717) is 24.1 Å². The number of hydrazine groups is 1. The maximum atomic E-state index is 13.8. The highest BCUT2D eigenvalue weighted by Gasteiger charge is 2.43. The Morgan fingerprint density at radius 1 is 1.00 bits per heavy atom. The monoisotopic (exact) mass is 593 g/mol. The first-order valence-electron chi connectivity index (χ1n) is 16.4. The van der Waals surface area contributed by atoms with Crippen LogP contribution < -0.4 is 10.7 Å². The summed E-state index contributed by atoms with van der Waals surface area (Å²) in [6, 6.07) is 14.8. The van der Waals surface area contributed by atoms with Crippen LogP contribution in [-0.4, -0.2) is 71.9 Å². The molecule has 7 nitrogen and oxygen atoms in total. The van der Waals surface area contributed by atoms with E-state index in [-0.39, 0.29) is 11.8 Å². The van der Waals surface area contributed by atoms with Gasteiger partial charge in [-0.25, -0.2) is 5.84 Å². The fourth-order valence-corrected chi connectivity index (χ4v) is 7.59. The summed E-state index contributed by atoms with van der Waals surface area (Å²) in [5, 5.41) is 1.05. The highest BCUT2D eigenvalue weighted by Crippen LogP contribution is 2.46. The molecule has 2 aliphatic carbocycles. The number of allylic oxidation sites excluding steroid dienone is 2. The van der Waals surface area contributed by atoms with Crippen LogP contribution in [-0.2, 0) is 11.3 Å². The number of fused-ring (bicyclic) bond motifs is 1. The molecule has 3 unspecified atom stereocenters. The average molecular weight is 594 g/mol. The van der Waals surface area contributed by atoms with E-state index in [2.05, 4.69) is 53.3 Å². The molecule has 6 rings (SSSR count). The Labute approximate surface area is 262 Å². The maximum Gasteiger partial charge on any atom is 0.263 e. The van der Waals surface area contributed by atoms with E-state index in [1.165, 1.54) is 44.8 Å². The van der Waals surface area contributed by atoms with Crippen LogP contribution >= 0.6 is 0 Å². The van der Waals surface area contributed by atoms with Crippen molar-refractivity contribution in [2.75, 3.05) is 38.1 Å². The molecule has 2 aliphatic heterocycles. The highest BCUT2D eigenvalue weighted by atomic mass is 16.2. The summed E-state index contributed by atoms with van der Waals surface area (Å²) in [5.74, 6) is 7.32. The lowest BCUT2D eigenvalue weighted by atomic mass is 9.63. The SMILES string of the molecule is C=CCC/C=C(\C=C)C(C(=O)N(C)N)N1Cc2ccc(-c3ccc(N4CCN(C5CCC5C5CCC5)CC4)cc3)cc2C1=O. The molecule has 3 atom stereocenters. The van der Waals surface area contributed by atoms with Crippen molar-refractivity contribution in [1.29, 1.82) is 0 Å². The van der Waals surface area contributed by atoms with Gasteiger partial charge in [0.15, 0.2) is 0 Å². The number of likely N-dealkylation sites (N-methyl/N-ethyl adjacent to an activating group) is 1. The number of nitrogens with zero attached hydrogens (tertiary/aromatic N) is 4. The second kappa shape index (κ2) is 13.1. The van der Waals surface area contributed by atoms with Gasteiger partial charge in [0.2, 0.25) is 0 Å². The van der Waals surface area contributed by atoms with Gasteiger partial charge in [-0.05, 0) is 78.0 Å². The van der Waals surface area contributed by atoms with E-state index in [0.717, 1.165) is 72.2 Å². The third kappa shape index (κ3) is 5.87. The summed E-state index contributed by atoms with van der Waals surface area (Å²) >= 11 is 0. The second-order valence-electron chi connectivity index (χ2n) is 13.0. The van der Waals surface area contributed by atoms with Gasteiger partial charge < -0.3 is 9.80 Å². The zero-order valence-corrected chi connectivity index (χ0v) is 26.2. The maximum absolute atomic E-state index is 13.8. The van der Waals surface area contributed by atoms with Crippen molar-refractivity contribution < 1.29 is 9.59 Å². The van der Waals surface area contributed by atoms with Gasteiger partial charge in [0, 0.05) is 57.1 Å². The summed E-state index contributed by atoms with van der Waals surface area (Å²) in [5.41, 5.74) is 5.54. The Kier molecular flexibility index (Phi) is 9.06. The molecular weight excluding hydrogens is 546 g/mol. The predicted molar refractivity (Wildman–Crippen MR) is 178 cm³/mol. The molecule has 2 heterocycles. The van der Waals surface area contributed by atoms with Crippen LogP contribution in [0.15, 0.2) is 79.4 Å². The smallest absolute Gasteiger partial charge is 0.263 e. The average Bonchev–Trinajstić information content (AvgIpc) is 3.33. The van der Waals surface area contributed by atoms with Crippen LogP contribution in [0.25, 0.3) is 11.1 Å². The lowest BCUT2D eigenvalue weighted by Gasteiger charge is -2.52. The Morgan fingerprint density at radius 2 is 1.73 bits per heavy atom. The number of amides is 2. The number of hydrogen-bond donors (Lipinski definition) is 1. The van der Waals surface area contributed by atoms with Gasteiger partial charge in [0.05, 0.1) is 0 Å². The Hall–Kier alpha value is -3.68. The van der Waals surface area contributed by atoms with Gasteiger partial charge in [-0.3, -0.25) is 19.5 Å². The van der Waals surface area contributed by atoms with E-state index in [1.54, 1.807) is 11.0 Å². The van der Waals surface area contributed by atoms with E-state index in [9.17, 15) is 9.59 Å². The topological polar surface area (TPSA) is 73.1 Å². The van der Waals surface area contributed by atoms with Crippen molar-refractivity contribution in [3.8, 4) is 11.1 Å². The molecule has 4 aliphatic rings. The molecule has 0 radical (unpaired) electrons. The lowest BCUT2D eigenvalue weighted by Crippen LogP contribution is -2.57. The van der Waals surface area contributed by atoms with Crippen LogP contribution in [0.5, 0.6) is 0 Å². The molecule has 2 aromatic rings. The quantitative estimate of drug-likeness (QED) is 0.0892. The molecular formula is C37H47N5O2. The van der Waals surface area contributed by atoms with Gasteiger partial charge in [-0.2, -0.15) is 0 Å². The molecule has 1 saturated heterocycles. The van der Waals surface area contributed by atoms with E-state index < -0.39 is 6.04 Å². The molecule has 44 heavy (non-hydrogen) atoms. The summed E-state index contributed by atoms with van der Waals surface area (Å²) in [4.78, 5) is 33.9. The fraction of sp³-hybridized carbons (Fsp3) is 0.459. The zero-order valence-electron chi connectivity index (χ0n) is 26.2. The minimum Gasteiger partial charge on any atom is -0.369 e. The molecule has 7 heteroatoms. The normalized spacial score (nSPS) is 23.0. The van der Waals surface area contributed by atoms with Crippen molar-refractivity contribution in [2.24, 2.45) is 17.7 Å². The summed E-state index contributed by atoms with van der Waals surface area (Å²) in [7, 11) is 1.51. The van der Waals surface area contributed by atoms with Crippen LogP contribution in [0.1, 0.15) is 60.9 Å². The number of anilines is 1. The highest BCUT2D eigenvalue weighted by molar-refractivity contribution is 6.03. The van der Waals surface area contributed by atoms with Crippen LogP contribution in [0.3, 0.4) is 0 Å². The largest absolute Gasteiger partial charge is 0.369 e. The molecule has 0 aromatic heterocycles. The third-order valence-corrected chi connectivity index (χ3v) is 10.5. The molecule has 2 saturated carbocycles. The zero-order chi connectivity index (χ0) is 30.8. The van der Waals surface area contributed by atoms with Crippen molar-refractivity contribution in [3.63, 3.8) is 0 Å². The summed E-state index contributed by atoms with van der Waals surface area (Å²) in [6.45, 7) is 12.5. The van der Waals surface area contributed by atoms with Gasteiger partial charge in [0.25, 0.3) is 11.8 Å². The fourth-order valence-electron chi connectivity index (χ4n) is 7.59. The van der Waals surface area contributed by atoms with Gasteiger partial charge in [-0.15, -0.1) is 6.58 Å². The Morgan fingerprint density at radius 3 is 2.32 bits per heavy atom. The second-order valence-corrected chi connectivity index (χ2v) is 13.0. The van der Waals surface area contributed by atoms with E-state index in [1.807, 2.05) is 24.3 Å². The number of rotatable bonds is 11. The number of benzene rings is 2. The Bertz CT molecular complexity index is 1420. The van der Waals surface area contributed by atoms with Gasteiger partial charge in [-0.1, -0.05) is 68.3 Å².